The molecule has 21 heavy (non-hydrogen) atoms. The zero-order chi connectivity index (χ0) is 14.8. The SMILES string of the molecule is COc1ccc2nn(Cc3cccc(C(=O)O)c3)nc2c1. The summed E-state index contributed by atoms with van der Waals surface area (Å²) in [6.45, 7) is 0.415. The number of carbonyl (C=O) groups is 1. The Morgan fingerprint density at radius 3 is 2.76 bits per heavy atom. The number of hydrogen-bond acceptors (Lipinski definition) is 4. The smallest absolute Gasteiger partial charge is 0.335 e. The average molecular weight is 283 g/mol. The topological polar surface area (TPSA) is 77.2 Å². The van der Waals surface area contributed by atoms with E-state index in [1.165, 1.54) is 0 Å². The number of ether oxygens (including phenoxy) is 1. The fraction of sp³-hybridized carbons (Fsp3) is 0.133. The Labute approximate surface area is 120 Å². The molecule has 0 unspecified atom stereocenters. The van der Waals surface area contributed by atoms with E-state index in [-0.39, 0.29) is 5.56 Å². The molecule has 0 atom stereocenters. The van der Waals surface area contributed by atoms with Gasteiger partial charge in [0.25, 0.3) is 0 Å². The fourth-order valence-electron chi connectivity index (χ4n) is 2.10. The summed E-state index contributed by atoms with van der Waals surface area (Å²) in [7, 11) is 1.60. The van der Waals surface area contributed by atoms with Crippen molar-refractivity contribution in [3.05, 3.63) is 53.6 Å². The Hall–Kier alpha value is -2.89. The van der Waals surface area contributed by atoms with Crippen LogP contribution in [0.15, 0.2) is 42.5 Å². The second-order valence-corrected chi connectivity index (χ2v) is 4.59. The van der Waals surface area contributed by atoms with Gasteiger partial charge >= 0.3 is 5.97 Å². The van der Waals surface area contributed by atoms with Gasteiger partial charge in [-0.1, -0.05) is 12.1 Å². The maximum absolute atomic E-state index is 11.0. The van der Waals surface area contributed by atoms with Crippen LogP contribution in [0.25, 0.3) is 11.0 Å². The van der Waals surface area contributed by atoms with Gasteiger partial charge in [-0.25, -0.2) is 4.79 Å². The van der Waals surface area contributed by atoms with Crippen LogP contribution in [0, 0.1) is 0 Å². The van der Waals surface area contributed by atoms with Crippen molar-refractivity contribution in [1.82, 2.24) is 15.0 Å². The molecule has 0 saturated heterocycles. The number of carboxylic acid groups (broad SMARTS) is 1. The summed E-state index contributed by atoms with van der Waals surface area (Å²) in [4.78, 5) is 12.5. The molecule has 3 rings (SSSR count). The molecular weight excluding hydrogens is 270 g/mol. The molecule has 6 nitrogen and oxygen atoms in total. The molecule has 0 radical (unpaired) electrons. The molecule has 0 aliphatic carbocycles. The maximum atomic E-state index is 11.0. The molecule has 0 fully saturated rings. The molecule has 106 valence electrons. The van der Waals surface area contributed by atoms with Gasteiger partial charge in [0.1, 0.15) is 16.8 Å². The maximum Gasteiger partial charge on any atom is 0.335 e. The number of fused-ring (bicyclic) bond motifs is 1. The molecule has 1 aromatic heterocycles. The standard InChI is InChI=1S/C15H13N3O3/c1-21-12-5-6-13-14(8-12)17-18(16-13)9-10-3-2-4-11(7-10)15(19)20/h2-8H,9H2,1H3,(H,19,20). The van der Waals surface area contributed by atoms with Crippen LogP contribution >= 0.6 is 0 Å². The van der Waals surface area contributed by atoms with Crippen molar-refractivity contribution >= 4 is 17.0 Å². The lowest BCUT2D eigenvalue weighted by Gasteiger charge is -2.01. The monoisotopic (exact) mass is 283 g/mol. The number of carboxylic acids is 1. The van der Waals surface area contributed by atoms with Crippen LogP contribution in [0.4, 0.5) is 0 Å². The summed E-state index contributed by atoms with van der Waals surface area (Å²) < 4.78 is 5.15. The molecule has 0 aliphatic heterocycles. The number of benzene rings is 2. The average Bonchev–Trinajstić information content (AvgIpc) is 2.88. The van der Waals surface area contributed by atoms with Crippen LogP contribution < -0.4 is 4.74 Å². The van der Waals surface area contributed by atoms with Crippen LogP contribution in [0.2, 0.25) is 0 Å². The van der Waals surface area contributed by atoms with E-state index in [0.29, 0.717) is 6.54 Å². The third kappa shape index (κ3) is 2.69. The third-order valence-electron chi connectivity index (χ3n) is 3.13. The predicted octanol–water partition coefficient (Wildman–Crippen LogP) is 2.19. The van der Waals surface area contributed by atoms with E-state index in [2.05, 4.69) is 10.2 Å². The van der Waals surface area contributed by atoms with Gasteiger partial charge in [0, 0.05) is 6.07 Å². The van der Waals surface area contributed by atoms with E-state index >= 15 is 0 Å². The van der Waals surface area contributed by atoms with E-state index in [9.17, 15) is 4.79 Å². The van der Waals surface area contributed by atoms with E-state index < -0.39 is 5.97 Å². The Balaban J connectivity index is 1.91. The normalized spacial score (nSPS) is 10.7. The summed E-state index contributed by atoms with van der Waals surface area (Å²) >= 11 is 0. The second kappa shape index (κ2) is 5.24. The summed E-state index contributed by atoms with van der Waals surface area (Å²) in [5, 5.41) is 17.7. The first-order valence-corrected chi connectivity index (χ1v) is 6.37. The van der Waals surface area contributed by atoms with Crippen molar-refractivity contribution in [2.24, 2.45) is 0 Å². The molecule has 0 bridgehead atoms. The van der Waals surface area contributed by atoms with Crippen molar-refractivity contribution in [3.8, 4) is 5.75 Å². The number of rotatable bonds is 4. The van der Waals surface area contributed by atoms with Crippen LogP contribution in [0.1, 0.15) is 15.9 Å². The summed E-state index contributed by atoms with van der Waals surface area (Å²) in [5.41, 5.74) is 2.60. The predicted molar refractivity (Wildman–Crippen MR) is 76.6 cm³/mol. The molecule has 1 heterocycles. The van der Waals surface area contributed by atoms with Crippen LogP contribution in [-0.2, 0) is 6.54 Å². The quantitative estimate of drug-likeness (QED) is 0.794. The summed E-state index contributed by atoms with van der Waals surface area (Å²) in [5.74, 6) is -0.220. The largest absolute Gasteiger partial charge is 0.497 e. The van der Waals surface area contributed by atoms with E-state index in [4.69, 9.17) is 9.84 Å². The van der Waals surface area contributed by atoms with Crippen molar-refractivity contribution in [2.75, 3.05) is 7.11 Å². The molecule has 0 spiro atoms. The lowest BCUT2D eigenvalue weighted by Crippen LogP contribution is -2.05. The van der Waals surface area contributed by atoms with E-state index in [0.717, 1.165) is 22.3 Å². The number of aromatic carboxylic acids is 1. The van der Waals surface area contributed by atoms with Gasteiger partial charge in [-0.2, -0.15) is 15.0 Å². The third-order valence-corrected chi connectivity index (χ3v) is 3.13. The molecule has 3 aromatic rings. The minimum absolute atomic E-state index is 0.255. The highest BCUT2D eigenvalue weighted by atomic mass is 16.5. The lowest BCUT2D eigenvalue weighted by molar-refractivity contribution is 0.0696. The summed E-state index contributed by atoms with van der Waals surface area (Å²) in [6, 6.07) is 12.2. The summed E-state index contributed by atoms with van der Waals surface area (Å²) in [6.07, 6.45) is 0. The zero-order valence-electron chi connectivity index (χ0n) is 11.4. The van der Waals surface area contributed by atoms with Crippen molar-refractivity contribution < 1.29 is 14.6 Å². The van der Waals surface area contributed by atoms with Gasteiger partial charge in [0.05, 0.1) is 19.2 Å². The number of hydrogen-bond donors (Lipinski definition) is 1. The molecular formula is C15H13N3O3. The van der Waals surface area contributed by atoms with Crippen LogP contribution in [0.5, 0.6) is 5.75 Å². The lowest BCUT2D eigenvalue weighted by atomic mass is 10.1. The Bertz CT molecular complexity index is 811. The first kappa shape index (κ1) is 13.1. The van der Waals surface area contributed by atoms with E-state index in [1.807, 2.05) is 24.3 Å². The highest BCUT2D eigenvalue weighted by Gasteiger charge is 2.07. The van der Waals surface area contributed by atoms with Gasteiger partial charge in [-0.15, -0.1) is 0 Å². The number of methoxy groups -OCH3 is 1. The number of nitrogens with zero attached hydrogens (tertiary/aromatic N) is 3. The Morgan fingerprint density at radius 2 is 2.00 bits per heavy atom. The number of aromatic nitrogens is 3. The fourth-order valence-corrected chi connectivity index (χ4v) is 2.10. The first-order chi connectivity index (χ1) is 10.2. The second-order valence-electron chi connectivity index (χ2n) is 4.59. The van der Waals surface area contributed by atoms with Crippen molar-refractivity contribution in [1.29, 1.82) is 0 Å². The molecule has 6 heteroatoms. The van der Waals surface area contributed by atoms with Gasteiger partial charge in [-0.3, -0.25) is 0 Å². The van der Waals surface area contributed by atoms with Crippen molar-refractivity contribution in [3.63, 3.8) is 0 Å². The minimum atomic E-state index is -0.944. The van der Waals surface area contributed by atoms with Gasteiger partial charge in [-0.05, 0) is 29.8 Å². The molecule has 0 saturated carbocycles. The minimum Gasteiger partial charge on any atom is -0.497 e. The molecule has 0 aliphatic rings. The van der Waals surface area contributed by atoms with Crippen LogP contribution in [0.3, 0.4) is 0 Å². The highest BCUT2D eigenvalue weighted by Crippen LogP contribution is 2.17. The zero-order valence-corrected chi connectivity index (χ0v) is 11.4. The van der Waals surface area contributed by atoms with Gasteiger partial charge < -0.3 is 9.84 Å². The van der Waals surface area contributed by atoms with Crippen LogP contribution in [-0.4, -0.2) is 33.2 Å². The van der Waals surface area contributed by atoms with Gasteiger partial charge in [0.2, 0.25) is 0 Å². The Morgan fingerprint density at radius 1 is 1.19 bits per heavy atom. The van der Waals surface area contributed by atoms with E-state index in [1.54, 1.807) is 30.1 Å². The molecule has 2 aromatic carbocycles. The highest BCUT2D eigenvalue weighted by molar-refractivity contribution is 5.87. The van der Waals surface area contributed by atoms with Crippen molar-refractivity contribution in [2.45, 2.75) is 6.54 Å². The first-order valence-electron chi connectivity index (χ1n) is 6.37. The Kier molecular flexibility index (Phi) is 3.27. The molecule has 0 amide bonds. The molecule has 1 N–H and O–H groups in total. The van der Waals surface area contributed by atoms with Gasteiger partial charge in [0.15, 0.2) is 0 Å².